The molecule has 2 heterocycles. The van der Waals surface area contributed by atoms with Gasteiger partial charge in [0.25, 0.3) is 0 Å². The van der Waals surface area contributed by atoms with Gasteiger partial charge in [-0.15, -0.1) is 0 Å². The molecule has 0 N–H and O–H groups in total. The standard InChI is InChI=1S/C32H24N4Si/c1-5-13-25(14-6-1)29-21-33-23-31(35-29)37(27-17-9-3-10-18-27,28-19-11-4-12-20-28)32-24-34-22-30(36-32)26-15-7-2-8-16-26/h1-24H. The van der Waals surface area contributed by atoms with Crippen LogP contribution in [0.2, 0.25) is 0 Å². The van der Waals surface area contributed by atoms with Crippen molar-refractivity contribution in [2.45, 2.75) is 0 Å². The van der Waals surface area contributed by atoms with Crippen LogP contribution in [0.1, 0.15) is 0 Å². The van der Waals surface area contributed by atoms with Gasteiger partial charge < -0.3 is 0 Å². The SMILES string of the molecule is c1ccc(-c2cncc([Si](c3ccccc3)(c3ccccc3)c3cncc(-c4ccccc4)n3)n2)cc1. The predicted molar refractivity (Wildman–Crippen MR) is 152 cm³/mol. The van der Waals surface area contributed by atoms with Crippen LogP contribution in [0.5, 0.6) is 0 Å². The number of nitrogens with zero attached hydrogens (tertiary/aromatic N) is 4. The van der Waals surface area contributed by atoms with Crippen molar-refractivity contribution in [1.29, 1.82) is 0 Å². The van der Waals surface area contributed by atoms with E-state index in [0.29, 0.717) is 0 Å². The molecule has 6 rings (SSSR count). The van der Waals surface area contributed by atoms with E-state index in [1.165, 1.54) is 10.4 Å². The molecular formula is C32H24N4Si. The molecule has 0 saturated carbocycles. The second kappa shape index (κ2) is 10.1. The summed E-state index contributed by atoms with van der Waals surface area (Å²) in [7, 11) is -2.98. The first-order valence-corrected chi connectivity index (χ1v) is 14.2. The highest BCUT2D eigenvalue weighted by molar-refractivity contribution is 7.19. The van der Waals surface area contributed by atoms with Gasteiger partial charge in [-0.1, -0.05) is 121 Å². The quantitative estimate of drug-likeness (QED) is 0.330. The lowest BCUT2D eigenvalue weighted by Crippen LogP contribution is -2.76. The Morgan fingerprint density at radius 3 is 1.11 bits per heavy atom. The molecule has 0 spiro atoms. The van der Waals surface area contributed by atoms with Gasteiger partial charge >= 0.3 is 0 Å². The summed E-state index contributed by atoms with van der Waals surface area (Å²) in [5, 5.41) is 4.21. The number of hydrogen-bond donors (Lipinski definition) is 0. The molecule has 0 aliphatic heterocycles. The molecule has 4 nitrogen and oxygen atoms in total. The molecule has 176 valence electrons. The van der Waals surface area contributed by atoms with Crippen LogP contribution in [0.25, 0.3) is 22.5 Å². The molecular weight excluding hydrogens is 468 g/mol. The first kappa shape index (κ1) is 22.7. The van der Waals surface area contributed by atoms with Crippen LogP contribution in [0.4, 0.5) is 0 Å². The molecule has 0 unspecified atom stereocenters. The first-order valence-electron chi connectivity index (χ1n) is 12.2. The molecule has 4 aromatic carbocycles. The minimum absolute atomic E-state index is 0.842. The fourth-order valence-corrected chi connectivity index (χ4v) is 9.13. The van der Waals surface area contributed by atoms with E-state index in [4.69, 9.17) is 19.9 Å². The minimum Gasteiger partial charge on any atom is -0.261 e. The van der Waals surface area contributed by atoms with E-state index in [-0.39, 0.29) is 0 Å². The molecule has 0 saturated heterocycles. The van der Waals surface area contributed by atoms with Crippen LogP contribution >= 0.6 is 0 Å². The molecule has 0 bridgehead atoms. The Balaban J connectivity index is 1.68. The Kier molecular flexibility index (Phi) is 6.19. The third-order valence-corrected chi connectivity index (χ3v) is 11.0. The average molecular weight is 493 g/mol. The van der Waals surface area contributed by atoms with Crippen LogP contribution in [0.15, 0.2) is 146 Å². The maximum atomic E-state index is 5.28. The highest BCUT2D eigenvalue weighted by atomic mass is 28.3. The van der Waals surface area contributed by atoms with Crippen molar-refractivity contribution in [2.24, 2.45) is 0 Å². The lowest BCUT2D eigenvalue weighted by atomic mass is 10.2. The zero-order valence-electron chi connectivity index (χ0n) is 20.1. The highest BCUT2D eigenvalue weighted by Gasteiger charge is 2.45. The summed E-state index contributed by atoms with van der Waals surface area (Å²) in [5.41, 5.74) is 3.75. The zero-order valence-corrected chi connectivity index (χ0v) is 21.1. The summed E-state index contributed by atoms with van der Waals surface area (Å²) in [4.78, 5) is 20.0. The Morgan fingerprint density at radius 2 is 0.730 bits per heavy atom. The number of benzene rings is 4. The van der Waals surface area contributed by atoms with Crippen molar-refractivity contribution in [2.75, 3.05) is 0 Å². The monoisotopic (exact) mass is 492 g/mol. The summed E-state index contributed by atoms with van der Waals surface area (Å²) in [5.74, 6) is 0. The molecule has 0 atom stereocenters. The van der Waals surface area contributed by atoms with Gasteiger partial charge in [0.15, 0.2) is 0 Å². The number of hydrogen-bond acceptors (Lipinski definition) is 4. The van der Waals surface area contributed by atoms with E-state index in [1.54, 1.807) is 0 Å². The normalized spacial score (nSPS) is 11.2. The lowest BCUT2D eigenvalue weighted by molar-refractivity contribution is 1.22. The molecule has 37 heavy (non-hydrogen) atoms. The Labute approximate surface area is 217 Å². The molecule has 6 aromatic rings. The first-order chi connectivity index (χ1) is 18.4. The smallest absolute Gasteiger partial charge is 0.227 e. The van der Waals surface area contributed by atoms with Gasteiger partial charge in [0, 0.05) is 23.5 Å². The predicted octanol–water partition coefficient (Wildman–Crippen LogP) is 3.98. The van der Waals surface area contributed by atoms with Gasteiger partial charge in [-0.3, -0.25) is 19.9 Å². The summed E-state index contributed by atoms with van der Waals surface area (Å²) in [6.07, 6.45) is 7.49. The van der Waals surface area contributed by atoms with Gasteiger partial charge in [-0.2, -0.15) is 0 Å². The van der Waals surface area contributed by atoms with Crippen molar-refractivity contribution in [3.05, 3.63) is 146 Å². The molecule has 2 aromatic heterocycles. The summed E-state index contributed by atoms with van der Waals surface area (Å²) < 4.78 is 0. The molecule has 0 aliphatic rings. The maximum Gasteiger partial charge on any atom is 0.227 e. The Morgan fingerprint density at radius 1 is 0.378 bits per heavy atom. The Bertz CT molecular complexity index is 1480. The van der Waals surface area contributed by atoms with E-state index in [0.717, 1.165) is 33.1 Å². The minimum atomic E-state index is -2.98. The van der Waals surface area contributed by atoms with E-state index < -0.39 is 8.07 Å². The van der Waals surface area contributed by atoms with Crippen molar-refractivity contribution < 1.29 is 0 Å². The molecule has 0 radical (unpaired) electrons. The van der Waals surface area contributed by atoms with Crippen LogP contribution in [-0.4, -0.2) is 28.0 Å². The maximum absolute atomic E-state index is 5.28. The van der Waals surface area contributed by atoms with E-state index in [9.17, 15) is 0 Å². The summed E-state index contributed by atoms with van der Waals surface area (Å²) in [6, 6.07) is 41.6. The second-order valence-electron chi connectivity index (χ2n) is 8.79. The van der Waals surface area contributed by atoms with E-state index >= 15 is 0 Å². The topological polar surface area (TPSA) is 51.6 Å². The second-order valence-corrected chi connectivity index (χ2v) is 12.5. The third-order valence-electron chi connectivity index (χ3n) is 6.59. The van der Waals surface area contributed by atoms with Crippen molar-refractivity contribution in [3.8, 4) is 22.5 Å². The molecule has 0 aliphatic carbocycles. The fourth-order valence-electron chi connectivity index (χ4n) is 4.86. The third kappa shape index (κ3) is 4.26. The van der Waals surface area contributed by atoms with Gasteiger partial charge in [0.05, 0.1) is 34.4 Å². The van der Waals surface area contributed by atoms with Crippen LogP contribution in [0, 0.1) is 0 Å². The molecule has 0 fully saturated rings. The van der Waals surface area contributed by atoms with Crippen LogP contribution < -0.4 is 21.0 Å². The van der Waals surface area contributed by atoms with Gasteiger partial charge in [0.2, 0.25) is 8.07 Å². The van der Waals surface area contributed by atoms with Crippen molar-refractivity contribution >= 4 is 29.1 Å². The molecule has 0 amide bonds. The van der Waals surface area contributed by atoms with Gasteiger partial charge in [0.1, 0.15) is 0 Å². The summed E-state index contributed by atoms with van der Waals surface area (Å²) in [6.45, 7) is 0. The lowest BCUT2D eigenvalue weighted by Gasteiger charge is -2.31. The zero-order chi connectivity index (χ0) is 24.9. The average Bonchev–Trinajstić information content (AvgIpc) is 3.00. The number of rotatable bonds is 6. The van der Waals surface area contributed by atoms with Crippen LogP contribution in [0.3, 0.4) is 0 Å². The van der Waals surface area contributed by atoms with Gasteiger partial charge in [-0.25, -0.2) is 0 Å². The van der Waals surface area contributed by atoms with Gasteiger partial charge in [-0.05, 0) is 10.4 Å². The van der Waals surface area contributed by atoms with Crippen molar-refractivity contribution in [1.82, 2.24) is 19.9 Å². The Hall–Kier alpha value is -4.74. The molecule has 5 heteroatoms. The summed E-state index contributed by atoms with van der Waals surface area (Å²) >= 11 is 0. The van der Waals surface area contributed by atoms with Crippen molar-refractivity contribution in [3.63, 3.8) is 0 Å². The van der Waals surface area contributed by atoms with Crippen LogP contribution in [-0.2, 0) is 0 Å². The highest BCUT2D eigenvalue weighted by Crippen LogP contribution is 2.17. The fraction of sp³-hybridized carbons (Fsp3) is 0. The van der Waals surface area contributed by atoms with E-state index in [2.05, 4.69) is 72.8 Å². The van der Waals surface area contributed by atoms with E-state index in [1.807, 2.05) is 73.3 Å². The number of aromatic nitrogens is 4. The largest absolute Gasteiger partial charge is 0.261 e.